The topological polar surface area (TPSA) is 55.8 Å². The van der Waals surface area contributed by atoms with Crippen molar-refractivity contribution < 1.29 is 19.1 Å². The molecule has 0 unspecified atom stereocenters. The number of rotatable bonds is 1. The number of Topliss-reactive ketones (excluding diaryl/α,β-unsaturated/α-hetero) is 1. The SMILES string of the molecule is O=C1C[C@]2(CC[C@@H]3[C@H](C(=O)N4CCOCC4)[C@@H]32)Oc2ccc(Cl)cc21. The Kier molecular flexibility index (Phi) is 3.41. The Morgan fingerprint density at radius 1 is 1.28 bits per heavy atom. The first-order valence-corrected chi connectivity index (χ1v) is 9.35. The van der Waals surface area contributed by atoms with Gasteiger partial charge in [-0.3, -0.25) is 9.59 Å². The van der Waals surface area contributed by atoms with Crippen LogP contribution in [0.2, 0.25) is 5.02 Å². The van der Waals surface area contributed by atoms with Crippen LogP contribution in [0, 0.1) is 17.8 Å². The van der Waals surface area contributed by atoms with Gasteiger partial charge in [-0.25, -0.2) is 0 Å². The number of hydrogen-bond donors (Lipinski definition) is 0. The first kappa shape index (κ1) is 15.6. The molecule has 0 N–H and O–H groups in total. The normalized spacial score (nSPS) is 36.0. The molecule has 0 bridgehead atoms. The Morgan fingerprint density at radius 3 is 2.88 bits per heavy atom. The van der Waals surface area contributed by atoms with Gasteiger partial charge < -0.3 is 14.4 Å². The molecular formula is C19H20ClNO4. The zero-order valence-corrected chi connectivity index (χ0v) is 14.6. The summed E-state index contributed by atoms with van der Waals surface area (Å²) in [6.45, 7) is 2.57. The van der Waals surface area contributed by atoms with Crippen LogP contribution in [0.25, 0.3) is 0 Å². The van der Waals surface area contributed by atoms with E-state index in [2.05, 4.69) is 0 Å². The summed E-state index contributed by atoms with van der Waals surface area (Å²) in [4.78, 5) is 27.5. The third-order valence-electron chi connectivity index (χ3n) is 6.30. The molecule has 2 saturated carbocycles. The number of ketones is 1. The van der Waals surface area contributed by atoms with Gasteiger partial charge in [0.15, 0.2) is 5.78 Å². The van der Waals surface area contributed by atoms with Crippen molar-refractivity contribution in [3.05, 3.63) is 28.8 Å². The van der Waals surface area contributed by atoms with E-state index in [4.69, 9.17) is 21.1 Å². The Balaban J connectivity index is 1.39. The Labute approximate surface area is 151 Å². The second-order valence-corrected chi connectivity index (χ2v) is 8.04. The smallest absolute Gasteiger partial charge is 0.226 e. The van der Waals surface area contributed by atoms with Crippen molar-refractivity contribution in [3.63, 3.8) is 0 Å². The zero-order valence-electron chi connectivity index (χ0n) is 13.9. The van der Waals surface area contributed by atoms with Gasteiger partial charge in [-0.2, -0.15) is 0 Å². The fourth-order valence-electron chi connectivity index (χ4n) is 5.12. The Morgan fingerprint density at radius 2 is 2.08 bits per heavy atom. The lowest BCUT2D eigenvalue weighted by Gasteiger charge is -2.37. The van der Waals surface area contributed by atoms with E-state index < -0.39 is 5.60 Å². The molecule has 2 heterocycles. The van der Waals surface area contributed by atoms with E-state index in [0.29, 0.717) is 55.0 Å². The van der Waals surface area contributed by atoms with Crippen LogP contribution in [0.5, 0.6) is 5.75 Å². The number of ether oxygens (including phenoxy) is 2. The first-order valence-electron chi connectivity index (χ1n) is 8.97. The molecule has 1 spiro atoms. The van der Waals surface area contributed by atoms with Gasteiger partial charge in [0.05, 0.1) is 25.2 Å². The van der Waals surface area contributed by atoms with Crippen molar-refractivity contribution in [2.45, 2.75) is 24.9 Å². The van der Waals surface area contributed by atoms with Gasteiger partial charge in [0, 0.05) is 29.9 Å². The summed E-state index contributed by atoms with van der Waals surface area (Å²) in [7, 11) is 0. The summed E-state index contributed by atoms with van der Waals surface area (Å²) in [5.41, 5.74) is 0.0631. The van der Waals surface area contributed by atoms with Crippen LogP contribution < -0.4 is 4.74 Å². The number of nitrogens with zero attached hydrogens (tertiary/aromatic N) is 1. The summed E-state index contributed by atoms with van der Waals surface area (Å²) in [6.07, 6.45) is 2.17. The average Bonchev–Trinajstić information content (AvgIpc) is 3.27. The molecule has 1 saturated heterocycles. The second kappa shape index (κ2) is 5.45. The molecule has 1 aromatic carbocycles. The monoisotopic (exact) mass is 361 g/mol. The van der Waals surface area contributed by atoms with Crippen LogP contribution in [0.3, 0.4) is 0 Å². The third kappa shape index (κ3) is 2.32. The predicted octanol–water partition coefficient (Wildman–Crippen LogP) is 2.56. The molecule has 4 aliphatic rings. The number of hydrogen-bond acceptors (Lipinski definition) is 4. The number of amides is 1. The Hall–Kier alpha value is -1.59. The van der Waals surface area contributed by atoms with E-state index in [-0.39, 0.29) is 23.5 Å². The summed E-state index contributed by atoms with van der Waals surface area (Å²) < 4.78 is 11.7. The molecule has 5 rings (SSSR count). The van der Waals surface area contributed by atoms with Gasteiger partial charge in [0.25, 0.3) is 0 Å². The van der Waals surface area contributed by atoms with E-state index in [9.17, 15) is 9.59 Å². The van der Waals surface area contributed by atoms with Gasteiger partial charge in [0.1, 0.15) is 11.4 Å². The Bertz CT molecular complexity index is 760. The maximum Gasteiger partial charge on any atom is 0.226 e. The quantitative estimate of drug-likeness (QED) is 0.771. The summed E-state index contributed by atoms with van der Waals surface area (Å²) in [6, 6.07) is 5.22. The molecular weight excluding hydrogens is 342 g/mol. The number of benzene rings is 1. The molecule has 0 radical (unpaired) electrons. The largest absolute Gasteiger partial charge is 0.486 e. The molecule has 4 atom stereocenters. The van der Waals surface area contributed by atoms with E-state index in [1.807, 2.05) is 4.90 Å². The minimum absolute atomic E-state index is 0.00787. The zero-order chi connectivity index (χ0) is 17.2. The van der Waals surface area contributed by atoms with Crippen LogP contribution in [0.1, 0.15) is 29.6 Å². The summed E-state index contributed by atoms with van der Waals surface area (Å²) in [5.74, 6) is 1.44. The lowest BCUT2D eigenvalue weighted by atomic mass is 9.84. The van der Waals surface area contributed by atoms with Crippen LogP contribution in [0.4, 0.5) is 0 Å². The molecule has 6 heteroatoms. The fourth-order valence-corrected chi connectivity index (χ4v) is 5.29. The van der Waals surface area contributed by atoms with Gasteiger partial charge in [-0.15, -0.1) is 0 Å². The highest BCUT2D eigenvalue weighted by molar-refractivity contribution is 6.31. The van der Waals surface area contributed by atoms with Gasteiger partial charge >= 0.3 is 0 Å². The van der Waals surface area contributed by atoms with E-state index in [1.54, 1.807) is 18.2 Å². The van der Waals surface area contributed by atoms with E-state index >= 15 is 0 Å². The van der Waals surface area contributed by atoms with Crippen molar-refractivity contribution in [2.75, 3.05) is 26.3 Å². The number of carbonyl (C=O) groups excluding carboxylic acids is 2. The summed E-state index contributed by atoms with van der Waals surface area (Å²) in [5, 5.41) is 0.544. The lowest BCUT2D eigenvalue weighted by molar-refractivity contribution is -0.138. The number of carbonyl (C=O) groups is 2. The number of morpholine rings is 1. The van der Waals surface area contributed by atoms with Crippen molar-refractivity contribution in [1.82, 2.24) is 4.90 Å². The van der Waals surface area contributed by atoms with Crippen LogP contribution in [-0.4, -0.2) is 48.5 Å². The van der Waals surface area contributed by atoms with Crippen molar-refractivity contribution in [1.29, 1.82) is 0 Å². The van der Waals surface area contributed by atoms with Crippen molar-refractivity contribution in [2.24, 2.45) is 17.8 Å². The first-order chi connectivity index (χ1) is 12.1. The minimum Gasteiger partial charge on any atom is -0.486 e. The maximum atomic E-state index is 12.9. The predicted molar refractivity (Wildman–Crippen MR) is 90.9 cm³/mol. The molecule has 25 heavy (non-hydrogen) atoms. The van der Waals surface area contributed by atoms with E-state index in [1.165, 1.54) is 0 Å². The van der Waals surface area contributed by atoms with Gasteiger partial charge in [0.2, 0.25) is 5.91 Å². The molecule has 1 amide bonds. The highest BCUT2D eigenvalue weighted by Gasteiger charge is 2.71. The molecule has 0 aromatic heterocycles. The fraction of sp³-hybridized carbons (Fsp3) is 0.579. The summed E-state index contributed by atoms with van der Waals surface area (Å²) >= 11 is 6.01. The highest BCUT2D eigenvalue weighted by Crippen LogP contribution is 2.66. The van der Waals surface area contributed by atoms with E-state index in [0.717, 1.165) is 12.8 Å². The molecule has 5 nitrogen and oxygen atoms in total. The van der Waals surface area contributed by atoms with Crippen LogP contribution in [0.15, 0.2) is 18.2 Å². The molecule has 3 fully saturated rings. The average molecular weight is 362 g/mol. The molecule has 2 aliphatic carbocycles. The van der Waals surface area contributed by atoms with Crippen molar-refractivity contribution >= 4 is 23.3 Å². The molecule has 132 valence electrons. The third-order valence-corrected chi connectivity index (χ3v) is 6.53. The van der Waals surface area contributed by atoms with Crippen LogP contribution >= 0.6 is 11.6 Å². The van der Waals surface area contributed by atoms with Gasteiger partial charge in [-0.05, 0) is 37.0 Å². The maximum absolute atomic E-state index is 12.9. The minimum atomic E-state index is -0.505. The molecule has 2 aliphatic heterocycles. The second-order valence-electron chi connectivity index (χ2n) is 7.60. The highest BCUT2D eigenvalue weighted by atomic mass is 35.5. The van der Waals surface area contributed by atoms with Crippen LogP contribution in [-0.2, 0) is 9.53 Å². The van der Waals surface area contributed by atoms with Gasteiger partial charge in [-0.1, -0.05) is 11.6 Å². The van der Waals surface area contributed by atoms with Crippen molar-refractivity contribution in [3.8, 4) is 5.75 Å². The lowest BCUT2D eigenvalue weighted by Crippen LogP contribution is -2.46. The number of halogens is 1. The standard InChI is InChI=1S/C19H20ClNO4/c20-11-1-2-15-13(9-11)14(22)10-19(25-15)4-3-12-16(17(12)19)18(23)21-5-7-24-8-6-21/h1-2,9,12,16-17H,3-8,10H2/t12-,16+,17-,19+/m1/s1. The number of fused-ring (bicyclic) bond motifs is 3. The molecule has 1 aromatic rings.